The van der Waals surface area contributed by atoms with Crippen molar-refractivity contribution in [2.75, 3.05) is 10.8 Å². The normalized spacial score (nSPS) is 11.6. The zero-order valence-corrected chi connectivity index (χ0v) is 25.0. The Morgan fingerprint density at radius 2 is 1.56 bits per heavy atom. The van der Waals surface area contributed by atoms with Crippen LogP contribution in [0.2, 0.25) is 0 Å². The van der Waals surface area contributed by atoms with Crippen LogP contribution in [-0.4, -0.2) is 31.7 Å². The predicted molar refractivity (Wildman–Crippen MR) is 160 cm³/mol. The van der Waals surface area contributed by atoms with E-state index in [4.69, 9.17) is 0 Å². The minimum atomic E-state index is -4.00. The third-order valence-corrected chi connectivity index (χ3v) is 8.85. The van der Waals surface area contributed by atoms with E-state index < -0.39 is 22.5 Å². The highest BCUT2D eigenvalue weighted by molar-refractivity contribution is 9.10. The summed E-state index contributed by atoms with van der Waals surface area (Å²) in [6.45, 7) is 9.64. The first-order valence-corrected chi connectivity index (χ1v) is 14.6. The third kappa shape index (κ3) is 6.15. The van der Waals surface area contributed by atoms with Gasteiger partial charge in [0.05, 0.1) is 22.5 Å². The Bertz CT molecular complexity index is 1620. The van der Waals surface area contributed by atoms with Gasteiger partial charge >= 0.3 is 0 Å². The molecule has 1 heterocycles. The third-order valence-electron chi connectivity index (χ3n) is 6.54. The summed E-state index contributed by atoms with van der Waals surface area (Å²) in [4.78, 5) is 13.0. The summed E-state index contributed by atoms with van der Waals surface area (Å²) in [5, 5.41) is 4.16. The number of benzene rings is 3. The van der Waals surface area contributed by atoms with Crippen LogP contribution in [0.15, 0.2) is 87.3 Å². The predicted octanol–water partition coefficient (Wildman–Crippen LogP) is 6.13. The second kappa shape index (κ2) is 11.6. The van der Waals surface area contributed by atoms with Crippen LogP contribution >= 0.6 is 15.9 Å². The van der Waals surface area contributed by atoms with Crippen molar-refractivity contribution < 1.29 is 13.2 Å². The van der Waals surface area contributed by atoms with Gasteiger partial charge in [-0.15, -0.1) is 0 Å². The Hall–Kier alpha value is -3.69. The average Bonchev–Trinajstić information content (AvgIpc) is 3.16. The number of carbonyl (C=O) groups is 1. The number of nitrogens with zero attached hydrogens (tertiary/aromatic N) is 3. The van der Waals surface area contributed by atoms with Gasteiger partial charge < -0.3 is 4.57 Å². The number of anilines is 1. The van der Waals surface area contributed by atoms with E-state index in [0.717, 1.165) is 48.1 Å². The van der Waals surface area contributed by atoms with E-state index >= 15 is 0 Å². The van der Waals surface area contributed by atoms with E-state index in [2.05, 4.69) is 57.0 Å². The Morgan fingerprint density at radius 3 is 2.18 bits per heavy atom. The maximum Gasteiger partial charge on any atom is 0.264 e. The van der Waals surface area contributed by atoms with Crippen LogP contribution in [-0.2, 0) is 14.8 Å². The molecule has 202 valence electrons. The van der Waals surface area contributed by atoms with E-state index in [-0.39, 0.29) is 4.90 Å². The zero-order valence-electron chi connectivity index (χ0n) is 22.6. The lowest BCUT2D eigenvalue weighted by Gasteiger charge is -2.23. The number of carbonyl (C=O) groups excluding carboxylic acids is 1. The minimum absolute atomic E-state index is 0.103. The Balaban J connectivity index is 1.57. The molecule has 0 aliphatic rings. The fraction of sp³-hybridized carbons (Fsp3) is 0.200. The van der Waals surface area contributed by atoms with Crippen LogP contribution in [0.25, 0.3) is 5.69 Å². The molecule has 7 nitrogen and oxygen atoms in total. The molecule has 0 radical (unpaired) electrons. The standard InChI is InChI=1S/C30H31BrN4O3S/c1-20-9-15-28(16-10-20)39(37,38)34(27-13-11-26(31)12-14-27)19-29(36)33-32-18-25-17-23(4)35(24(25)5)30-21(2)7-6-8-22(30)3/h6-18H,19H2,1-5H3,(H,33,36)/b32-18-. The van der Waals surface area contributed by atoms with Crippen molar-refractivity contribution in [3.8, 4) is 5.69 Å². The summed E-state index contributed by atoms with van der Waals surface area (Å²) in [6.07, 6.45) is 1.59. The Labute approximate surface area is 238 Å². The molecule has 0 aliphatic carbocycles. The molecule has 3 aromatic carbocycles. The SMILES string of the molecule is Cc1ccc(S(=O)(=O)N(CC(=O)N/N=C\c2cc(C)n(-c3c(C)cccc3C)c2C)c2ccc(Br)cc2)cc1. The largest absolute Gasteiger partial charge is 0.317 e. The number of hydrazone groups is 1. The topological polar surface area (TPSA) is 83.8 Å². The second-order valence-corrected chi connectivity index (χ2v) is 12.3. The molecule has 0 spiro atoms. The van der Waals surface area contributed by atoms with Gasteiger partial charge in [0.25, 0.3) is 15.9 Å². The first-order chi connectivity index (χ1) is 18.5. The summed E-state index contributed by atoms with van der Waals surface area (Å²) in [6, 6.07) is 21.5. The number of rotatable bonds is 8. The molecular formula is C30H31BrN4O3S. The van der Waals surface area contributed by atoms with Crippen LogP contribution in [0.4, 0.5) is 5.69 Å². The quantitative estimate of drug-likeness (QED) is 0.193. The van der Waals surface area contributed by atoms with Crippen molar-refractivity contribution in [1.29, 1.82) is 0 Å². The monoisotopic (exact) mass is 606 g/mol. The maximum absolute atomic E-state index is 13.5. The van der Waals surface area contributed by atoms with Crippen molar-refractivity contribution in [2.24, 2.45) is 5.10 Å². The van der Waals surface area contributed by atoms with Gasteiger partial charge in [-0.05, 0) is 88.2 Å². The van der Waals surface area contributed by atoms with Gasteiger partial charge in [0, 0.05) is 21.4 Å². The van der Waals surface area contributed by atoms with E-state index in [1.807, 2.05) is 32.9 Å². The first-order valence-electron chi connectivity index (χ1n) is 12.4. The van der Waals surface area contributed by atoms with Crippen molar-refractivity contribution in [2.45, 2.75) is 39.5 Å². The molecule has 1 N–H and O–H groups in total. The van der Waals surface area contributed by atoms with Gasteiger partial charge in [-0.25, -0.2) is 13.8 Å². The van der Waals surface area contributed by atoms with Crippen LogP contribution in [0, 0.1) is 34.6 Å². The van der Waals surface area contributed by atoms with Gasteiger partial charge in [-0.1, -0.05) is 51.8 Å². The molecule has 4 aromatic rings. The highest BCUT2D eigenvalue weighted by Crippen LogP contribution is 2.27. The van der Waals surface area contributed by atoms with Crippen LogP contribution in [0.3, 0.4) is 0 Å². The van der Waals surface area contributed by atoms with Gasteiger partial charge in [0.1, 0.15) is 6.54 Å². The average molecular weight is 608 g/mol. The number of halogens is 1. The zero-order chi connectivity index (χ0) is 28.3. The van der Waals surface area contributed by atoms with Crippen LogP contribution in [0.5, 0.6) is 0 Å². The maximum atomic E-state index is 13.5. The first kappa shape index (κ1) is 28.3. The number of para-hydroxylation sites is 1. The van der Waals surface area contributed by atoms with Gasteiger partial charge in [0.15, 0.2) is 0 Å². The molecule has 0 unspecified atom stereocenters. The van der Waals surface area contributed by atoms with Crippen molar-refractivity contribution in [1.82, 2.24) is 9.99 Å². The summed E-state index contributed by atoms with van der Waals surface area (Å²) < 4.78 is 31.1. The fourth-order valence-corrected chi connectivity index (χ4v) is 6.21. The second-order valence-electron chi connectivity index (χ2n) is 9.50. The molecule has 1 amide bonds. The number of nitrogens with one attached hydrogen (secondary N) is 1. The minimum Gasteiger partial charge on any atom is -0.317 e. The molecule has 0 atom stereocenters. The van der Waals surface area contributed by atoms with E-state index in [1.54, 1.807) is 54.7 Å². The van der Waals surface area contributed by atoms with Gasteiger partial charge in [0.2, 0.25) is 0 Å². The Morgan fingerprint density at radius 1 is 0.949 bits per heavy atom. The van der Waals surface area contributed by atoms with Crippen LogP contribution < -0.4 is 9.73 Å². The van der Waals surface area contributed by atoms with Crippen molar-refractivity contribution in [3.05, 3.63) is 111 Å². The van der Waals surface area contributed by atoms with Gasteiger partial charge in [-0.2, -0.15) is 5.10 Å². The summed E-state index contributed by atoms with van der Waals surface area (Å²) >= 11 is 3.37. The molecule has 0 bridgehead atoms. The lowest BCUT2D eigenvalue weighted by Crippen LogP contribution is -2.39. The van der Waals surface area contributed by atoms with Crippen LogP contribution in [0.1, 0.15) is 33.6 Å². The lowest BCUT2D eigenvalue weighted by molar-refractivity contribution is -0.119. The summed E-state index contributed by atoms with van der Waals surface area (Å²) in [5.41, 5.74) is 10.1. The number of aryl methyl sites for hydroxylation is 4. The van der Waals surface area contributed by atoms with E-state index in [1.165, 1.54) is 0 Å². The summed E-state index contributed by atoms with van der Waals surface area (Å²) in [5.74, 6) is -0.562. The van der Waals surface area contributed by atoms with Crippen molar-refractivity contribution in [3.63, 3.8) is 0 Å². The van der Waals surface area contributed by atoms with E-state index in [0.29, 0.717) is 5.69 Å². The number of sulfonamides is 1. The highest BCUT2D eigenvalue weighted by Gasteiger charge is 2.27. The number of aromatic nitrogens is 1. The number of hydrogen-bond donors (Lipinski definition) is 1. The molecule has 9 heteroatoms. The van der Waals surface area contributed by atoms with E-state index in [9.17, 15) is 13.2 Å². The molecule has 1 aromatic heterocycles. The van der Waals surface area contributed by atoms with Gasteiger partial charge in [-0.3, -0.25) is 9.10 Å². The Kier molecular flexibility index (Phi) is 8.42. The smallest absolute Gasteiger partial charge is 0.264 e. The molecular weight excluding hydrogens is 576 g/mol. The molecule has 39 heavy (non-hydrogen) atoms. The highest BCUT2D eigenvalue weighted by atomic mass is 79.9. The fourth-order valence-electron chi connectivity index (χ4n) is 4.52. The molecule has 0 aliphatic heterocycles. The molecule has 4 rings (SSSR count). The molecule has 0 fully saturated rings. The molecule has 0 saturated carbocycles. The summed E-state index contributed by atoms with van der Waals surface area (Å²) in [7, 11) is -4.00. The lowest BCUT2D eigenvalue weighted by atomic mass is 10.1. The molecule has 0 saturated heterocycles. The number of amides is 1. The number of hydrogen-bond acceptors (Lipinski definition) is 4. The van der Waals surface area contributed by atoms with Crippen molar-refractivity contribution >= 4 is 43.8 Å².